The highest BCUT2D eigenvalue weighted by atomic mass is 16.8. The van der Waals surface area contributed by atoms with E-state index in [9.17, 15) is 0 Å². The fraction of sp³-hybridized carbons (Fsp3) is 0.760. The molecule has 1 N–H and O–H groups in total. The van der Waals surface area contributed by atoms with Gasteiger partial charge in [-0.2, -0.15) is 0 Å². The van der Waals surface area contributed by atoms with E-state index in [0.29, 0.717) is 0 Å². The van der Waals surface area contributed by atoms with Gasteiger partial charge in [0.05, 0.1) is 6.61 Å². The summed E-state index contributed by atoms with van der Waals surface area (Å²) in [6, 6.07) is 0. The van der Waals surface area contributed by atoms with Crippen molar-refractivity contribution in [3.05, 3.63) is 34.9 Å². The molecule has 168 valence electrons. The Bertz CT molecular complexity index is 475. The number of hydrogen-bond donors (Lipinski definition) is 1. The molecule has 4 nitrogen and oxygen atoms in total. The van der Waals surface area contributed by atoms with Crippen molar-refractivity contribution >= 4 is 0 Å². The van der Waals surface area contributed by atoms with Crippen molar-refractivity contribution in [1.29, 1.82) is 0 Å². The second kappa shape index (κ2) is 16.8. The summed E-state index contributed by atoms with van der Waals surface area (Å²) in [6.45, 7) is 10.4. The second-order valence-corrected chi connectivity index (χ2v) is 8.37. The SMILES string of the molecule is C1CCC(OC2CCCCO2)OC1.CC(C)=CCCC(C)=CCCC(C)=CCO. The van der Waals surface area contributed by atoms with Crippen molar-refractivity contribution in [2.45, 2.75) is 104 Å². The number of rotatable bonds is 9. The molecule has 29 heavy (non-hydrogen) atoms. The summed E-state index contributed by atoms with van der Waals surface area (Å²) in [6.07, 6.45) is 17.8. The van der Waals surface area contributed by atoms with Gasteiger partial charge < -0.3 is 19.3 Å². The van der Waals surface area contributed by atoms with Gasteiger partial charge in [0, 0.05) is 13.2 Å². The van der Waals surface area contributed by atoms with Gasteiger partial charge in [0.1, 0.15) is 0 Å². The first-order valence-corrected chi connectivity index (χ1v) is 11.5. The van der Waals surface area contributed by atoms with Gasteiger partial charge in [-0.1, -0.05) is 34.9 Å². The molecule has 2 fully saturated rings. The molecule has 4 heteroatoms. The van der Waals surface area contributed by atoms with Crippen LogP contribution >= 0.6 is 0 Å². The van der Waals surface area contributed by atoms with Gasteiger partial charge in [0.25, 0.3) is 0 Å². The highest BCUT2D eigenvalue weighted by Gasteiger charge is 2.21. The van der Waals surface area contributed by atoms with E-state index in [1.165, 1.54) is 42.4 Å². The van der Waals surface area contributed by atoms with Crippen molar-refractivity contribution < 1.29 is 19.3 Å². The molecule has 0 bridgehead atoms. The lowest BCUT2D eigenvalue weighted by molar-refractivity contribution is -0.264. The van der Waals surface area contributed by atoms with Gasteiger partial charge in [-0.05, 0) is 91.9 Å². The zero-order chi connectivity index (χ0) is 21.3. The van der Waals surface area contributed by atoms with Crippen LogP contribution in [-0.4, -0.2) is 37.5 Å². The first kappa shape index (κ1) is 26.1. The Morgan fingerprint density at radius 3 is 1.76 bits per heavy atom. The third-order valence-corrected chi connectivity index (χ3v) is 5.14. The normalized spacial score (nSPS) is 23.2. The zero-order valence-corrected chi connectivity index (χ0v) is 19.3. The third-order valence-electron chi connectivity index (χ3n) is 5.14. The highest BCUT2D eigenvalue weighted by molar-refractivity contribution is 5.05. The van der Waals surface area contributed by atoms with Crippen molar-refractivity contribution in [2.75, 3.05) is 19.8 Å². The summed E-state index contributed by atoms with van der Waals surface area (Å²) in [4.78, 5) is 0. The molecule has 2 rings (SSSR count). The van der Waals surface area contributed by atoms with Crippen LogP contribution in [0, 0.1) is 0 Å². The maximum absolute atomic E-state index is 8.72. The molecule has 2 unspecified atom stereocenters. The molecule has 0 aliphatic carbocycles. The van der Waals surface area contributed by atoms with Crippen LogP contribution in [0.4, 0.5) is 0 Å². The molecule has 2 saturated heterocycles. The maximum Gasteiger partial charge on any atom is 0.160 e. The lowest BCUT2D eigenvalue weighted by atomic mass is 10.1. The Morgan fingerprint density at radius 1 is 0.793 bits per heavy atom. The van der Waals surface area contributed by atoms with Crippen LogP contribution in [0.2, 0.25) is 0 Å². The third kappa shape index (κ3) is 14.6. The number of aliphatic hydroxyl groups excluding tert-OH is 1. The highest BCUT2D eigenvalue weighted by Crippen LogP contribution is 2.20. The van der Waals surface area contributed by atoms with E-state index in [1.807, 2.05) is 6.08 Å². The zero-order valence-electron chi connectivity index (χ0n) is 19.3. The Morgan fingerprint density at radius 2 is 1.31 bits per heavy atom. The van der Waals surface area contributed by atoms with E-state index < -0.39 is 0 Å². The van der Waals surface area contributed by atoms with Crippen LogP contribution in [0.3, 0.4) is 0 Å². The molecule has 0 aromatic carbocycles. The lowest BCUT2D eigenvalue weighted by Crippen LogP contribution is -2.31. The summed E-state index contributed by atoms with van der Waals surface area (Å²) in [5.74, 6) is 0. The van der Waals surface area contributed by atoms with Crippen molar-refractivity contribution in [1.82, 2.24) is 0 Å². The lowest BCUT2D eigenvalue weighted by Gasteiger charge is -2.29. The van der Waals surface area contributed by atoms with Gasteiger partial charge >= 0.3 is 0 Å². The molecular formula is C25H44O4. The Labute approximate surface area is 179 Å². The average Bonchev–Trinajstić information content (AvgIpc) is 2.70. The molecule has 0 saturated carbocycles. The van der Waals surface area contributed by atoms with Crippen LogP contribution in [0.5, 0.6) is 0 Å². The van der Waals surface area contributed by atoms with Gasteiger partial charge in [-0.15, -0.1) is 0 Å². The summed E-state index contributed by atoms with van der Waals surface area (Å²) in [5.41, 5.74) is 4.14. The van der Waals surface area contributed by atoms with E-state index in [4.69, 9.17) is 19.3 Å². The van der Waals surface area contributed by atoms with Gasteiger partial charge in [0.15, 0.2) is 12.6 Å². The molecule has 2 aliphatic rings. The second-order valence-electron chi connectivity index (χ2n) is 8.37. The molecule has 2 aliphatic heterocycles. The van der Waals surface area contributed by atoms with Gasteiger partial charge in [-0.25, -0.2) is 0 Å². The van der Waals surface area contributed by atoms with E-state index in [2.05, 4.69) is 39.8 Å². The minimum atomic E-state index is -0.00292. The Kier molecular flexibility index (Phi) is 15.1. The predicted molar refractivity (Wildman–Crippen MR) is 121 cm³/mol. The van der Waals surface area contributed by atoms with Gasteiger partial charge in [-0.3, -0.25) is 0 Å². The van der Waals surface area contributed by atoms with E-state index in [0.717, 1.165) is 51.7 Å². The molecule has 0 radical (unpaired) electrons. The quantitative estimate of drug-likeness (QED) is 0.445. The maximum atomic E-state index is 8.72. The first-order chi connectivity index (χ1) is 14.0. The van der Waals surface area contributed by atoms with E-state index in [-0.39, 0.29) is 19.2 Å². The largest absolute Gasteiger partial charge is 0.392 e. The van der Waals surface area contributed by atoms with Crippen LogP contribution in [0.1, 0.15) is 91.9 Å². The fourth-order valence-corrected chi connectivity index (χ4v) is 3.30. The minimum Gasteiger partial charge on any atom is -0.392 e. The average molecular weight is 409 g/mol. The van der Waals surface area contributed by atoms with Crippen LogP contribution in [-0.2, 0) is 14.2 Å². The van der Waals surface area contributed by atoms with Gasteiger partial charge in [0.2, 0.25) is 0 Å². The monoisotopic (exact) mass is 408 g/mol. The van der Waals surface area contributed by atoms with Crippen LogP contribution in [0.15, 0.2) is 34.9 Å². The molecular weight excluding hydrogens is 364 g/mol. The minimum absolute atomic E-state index is 0.00292. The molecule has 0 aromatic heterocycles. The Hall–Kier alpha value is -0.940. The summed E-state index contributed by atoms with van der Waals surface area (Å²) < 4.78 is 16.6. The number of aliphatic hydroxyl groups is 1. The predicted octanol–water partition coefficient (Wildman–Crippen LogP) is 6.45. The topological polar surface area (TPSA) is 47.9 Å². The van der Waals surface area contributed by atoms with Crippen molar-refractivity contribution in [3.63, 3.8) is 0 Å². The fourth-order valence-electron chi connectivity index (χ4n) is 3.30. The van der Waals surface area contributed by atoms with E-state index >= 15 is 0 Å². The standard InChI is InChI=1S/C15H26O.C10H18O3/c1-13(2)7-5-8-14(3)9-6-10-15(4)11-12-16;1-3-7-11-9(5-1)13-10-6-2-4-8-12-10/h7,9,11,16H,5-6,8,10,12H2,1-4H3;9-10H,1-8H2. The number of hydrogen-bond acceptors (Lipinski definition) is 4. The molecule has 0 amide bonds. The Balaban J connectivity index is 0.000000294. The summed E-state index contributed by atoms with van der Waals surface area (Å²) in [7, 11) is 0. The summed E-state index contributed by atoms with van der Waals surface area (Å²) >= 11 is 0. The van der Waals surface area contributed by atoms with Crippen LogP contribution < -0.4 is 0 Å². The van der Waals surface area contributed by atoms with E-state index in [1.54, 1.807) is 0 Å². The van der Waals surface area contributed by atoms with Crippen molar-refractivity contribution in [2.24, 2.45) is 0 Å². The van der Waals surface area contributed by atoms with Crippen molar-refractivity contribution in [3.8, 4) is 0 Å². The smallest absolute Gasteiger partial charge is 0.160 e. The summed E-state index contributed by atoms with van der Waals surface area (Å²) in [5, 5.41) is 8.72. The molecule has 0 spiro atoms. The first-order valence-electron chi connectivity index (χ1n) is 11.5. The molecule has 2 atom stereocenters. The van der Waals surface area contributed by atoms with Crippen LogP contribution in [0.25, 0.3) is 0 Å². The number of ether oxygens (including phenoxy) is 3. The molecule has 0 aromatic rings. The number of allylic oxidation sites excluding steroid dienone is 5. The molecule has 2 heterocycles.